The van der Waals surface area contributed by atoms with Gasteiger partial charge in [-0.05, 0) is 18.7 Å². The van der Waals surface area contributed by atoms with E-state index in [9.17, 15) is 0 Å². The van der Waals surface area contributed by atoms with Gasteiger partial charge in [0.1, 0.15) is 5.15 Å². The second-order valence-corrected chi connectivity index (χ2v) is 3.30. The van der Waals surface area contributed by atoms with Gasteiger partial charge in [0.2, 0.25) is 0 Å². The van der Waals surface area contributed by atoms with Crippen LogP contribution in [0.25, 0.3) is 0 Å². The van der Waals surface area contributed by atoms with E-state index in [0.717, 1.165) is 18.8 Å². The number of hydrogen-bond donors (Lipinski definition) is 0. The van der Waals surface area contributed by atoms with Crippen molar-refractivity contribution in [2.45, 2.75) is 13.1 Å². The molecule has 1 aliphatic heterocycles. The van der Waals surface area contributed by atoms with Crippen molar-refractivity contribution in [2.75, 3.05) is 7.05 Å². The smallest absolute Gasteiger partial charge is 0.129 e. The fraction of sp³-hybridized carbons (Fsp3) is 0.375. The molecule has 0 fully saturated rings. The first-order valence-electron chi connectivity index (χ1n) is 3.58. The molecule has 0 atom stereocenters. The number of aromatic nitrogens is 1. The molecule has 0 radical (unpaired) electrons. The van der Waals surface area contributed by atoms with E-state index in [-0.39, 0.29) is 0 Å². The van der Waals surface area contributed by atoms with Crippen LogP contribution < -0.4 is 0 Å². The zero-order valence-electron chi connectivity index (χ0n) is 6.34. The van der Waals surface area contributed by atoms with E-state index >= 15 is 0 Å². The summed E-state index contributed by atoms with van der Waals surface area (Å²) in [5.74, 6) is 0. The minimum Gasteiger partial charge on any atom is -0.296 e. The highest BCUT2D eigenvalue weighted by Gasteiger charge is 2.16. The molecule has 1 aromatic rings. The fourth-order valence-corrected chi connectivity index (χ4v) is 1.55. The molecule has 0 saturated carbocycles. The van der Waals surface area contributed by atoms with Gasteiger partial charge in [-0.1, -0.05) is 17.7 Å². The van der Waals surface area contributed by atoms with Gasteiger partial charge in [-0.25, -0.2) is 4.98 Å². The Morgan fingerprint density at radius 1 is 1.45 bits per heavy atom. The van der Waals surface area contributed by atoms with Crippen molar-refractivity contribution >= 4 is 11.6 Å². The third-order valence-electron chi connectivity index (χ3n) is 1.89. The topological polar surface area (TPSA) is 16.1 Å². The normalized spacial score (nSPS) is 16.9. The number of halogens is 1. The predicted octanol–water partition coefficient (Wildman–Crippen LogP) is 1.68. The second-order valence-electron chi connectivity index (χ2n) is 2.91. The summed E-state index contributed by atoms with van der Waals surface area (Å²) in [7, 11) is 2.08. The first kappa shape index (κ1) is 7.07. The first-order valence-corrected chi connectivity index (χ1v) is 3.96. The van der Waals surface area contributed by atoms with Crippen molar-refractivity contribution in [1.82, 2.24) is 9.88 Å². The van der Waals surface area contributed by atoms with Crippen molar-refractivity contribution in [3.63, 3.8) is 0 Å². The van der Waals surface area contributed by atoms with Gasteiger partial charge in [-0.3, -0.25) is 4.90 Å². The van der Waals surface area contributed by atoms with E-state index in [1.54, 1.807) is 0 Å². The van der Waals surface area contributed by atoms with Crippen molar-refractivity contribution < 1.29 is 0 Å². The molecule has 0 spiro atoms. The summed E-state index contributed by atoms with van der Waals surface area (Å²) in [5.41, 5.74) is 2.43. The Morgan fingerprint density at radius 3 is 3.09 bits per heavy atom. The maximum absolute atomic E-state index is 5.74. The van der Waals surface area contributed by atoms with Crippen molar-refractivity contribution in [1.29, 1.82) is 0 Å². The number of rotatable bonds is 0. The molecular formula is C8H9ClN2. The molecule has 0 N–H and O–H groups in total. The summed E-state index contributed by atoms with van der Waals surface area (Å²) in [4.78, 5) is 6.44. The molecule has 2 nitrogen and oxygen atoms in total. The Kier molecular flexibility index (Phi) is 1.59. The molecule has 58 valence electrons. The Labute approximate surface area is 70.8 Å². The van der Waals surface area contributed by atoms with Crippen LogP contribution in [0.15, 0.2) is 12.1 Å². The zero-order chi connectivity index (χ0) is 7.84. The van der Waals surface area contributed by atoms with Crippen LogP contribution in [0, 0.1) is 0 Å². The van der Waals surface area contributed by atoms with Crippen LogP contribution in [0.4, 0.5) is 0 Å². The number of pyridine rings is 1. The van der Waals surface area contributed by atoms with Crippen molar-refractivity contribution in [3.05, 3.63) is 28.5 Å². The summed E-state index contributed by atoms with van der Waals surface area (Å²) >= 11 is 5.74. The SMILES string of the molecule is CN1Cc2ccc(Cl)nc2C1. The van der Waals surface area contributed by atoms with Gasteiger partial charge in [-0.15, -0.1) is 0 Å². The Balaban J connectivity index is 2.43. The number of fused-ring (bicyclic) bond motifs is 1. The average molecular weight is 169 g/mol. The zero-order valence-corrected chi connectivity index (χ0v) is 7.10. The lowest BCUT2D eigenvalue weighted by atomic mass is 10.2. The van der Waals surface area contributed by atoms with Gasteiger partial charge in [0.15, 0.2) is 0 Å². The summed E-state index contributed by atoms with van der Waals surface area (Å²) in [6.45, 7) is 1.93. The Hall–Kier alpha value is -0.600. The molecule has 0 bridgehead atoms. The largest absolute Gasteiger partial charge is 0.296 e. The Morgan fingerprint density at radius 2 is 2.27 bits per heavy atom. The van der Waals surface area contributed by atoms with E-state index in [1.165, 1.54) is 5.56 Å². The van der Waals surface area contributed by atoms with Gasteiger partial charge >= 0.3 is 0 Å². The summed E-state index contributed by atoms with van der Waals surface area (Å²) in [6, 6.07) is 3.90. The molecule has 1 aliphatic rings. The average Bonchev–Trinajstić information content (AvgIpc) is 2.27. The molecule has 0 aromatic carbocycles. The van der Waals surface area contributed by atoms with Crippen LogP contribution in [0.1, 0.15) is 11.3 Å². The predicted molar refractivity (Wildman–Crippen MR) is 44.4 cm³/mol. The molecule has 1 aromatic heterocycles. The summed E-state index contributed by atoms with van der Waals surface area (Å²) in [5, 5.41) is 0.596. The van der Waals surface area contributed by atoms with E-state index < -0.39 is 0 Å². The lowest BCUT2D eigenvalue weighted by Crippen LogP contribution is -2.07. The third-order valence-corrected chi connectivity index (χ3v) is 2.10. The highest BCUT2D eigenvalue weighted by molar-refractivity contribution is 6.29. The molecule has 2 heterocycles. The van der Waals surface area contributed by atoms with Crippen LogP contribution in [-0.4, -0.2) is 16.9 Å². The monoisotopic (exact) mass is 168 g/mol. The molecule has 0 amide bonds. The van der Waals surface area contributed by atoms with E-state index in [1.807, 2.05) is 12.1 Å². The highest BCUT2D eigenvalue weighted by atomic mass is 35.5. The Bertz CT molecular complexity index is 285. The molecular weight excluding hydrogens is 160 g/mol. The van der Waals surface area contributed by atoms with Crippen molar-refractivity contribution in [3.8, 4) is 0 Å². The lowest BCUT2D eigenvalue weighted by molar-refractivity contribution is 0.351. The molecule has 2 rings (SSSR count). The molecule has 11 heavy (non-hydrogen) atoms. The minimum absolute atomic E-state index is 0.596. The summed E-state index contributed by atoms with van der Waals surface area (Å²) in [6.07, 6.45) is 0. The van der Waals surface area contributed by atoms with E-state index in [2.05, 4.69) is 16.9 Å². The molecule has 3 heteroatoms. The summed E-state index contributed by atoms with van der Waals surface area (Å²) < 4.78 is 0. The van der Waals surface area contributed by atoms with Crippen LogP contribution in [0.2, 0.25) is 5.15 Å². The van der Waals surface area contributed by atoms with Crippen LogP contribution in [0.3, 0.4) is 0 Å². The van der Waals surface area contributed by atoms with Crippen LogP contribution >= 0.6 is 11.6 Å². The molecule has 0 saturated heterocycles. The van der Waals surface area contributed by atoms with Gasteiger partial charge < -0.3 is 0 Å². The van der Waals surface area contributed by atoms with Gasteiger partial charge in [0.25, 0.3) is 0 Å². The number of hydrogen-bond acceptors (Lipinski definition) is 2. The standard InChI is InChI=1S/C8H9ClN2/c1-11-4-6-2-3-8(9)10-7(6)5-11/h2-3H,4-5H2,1H3. The second kappa shape index (κ2) is 2.47. The maximum atomic E-state index is 5.74. The highest BCUT2D eigenvalue weighted by Crippen LogP contribution is 2.20. The molecule has 0 aliphatic carbocycles. The maximum Gasteiger partial charge on any atom is 0.129 e. The van der Waals surface area contributed by atoms with Crippen molar-refractivity contribution in [2.24, 2.45) is 0 Å². The van der Waals surface area contributed by atoms with Gasteiger partial charge in [0, 0.05) is 13.1 Å². The van der Waals surface area contributed by atoms with Gasteiger partial charge in [0.05, 0.1) is 5.69 Å². The van der Waals surface area contributed by atoms with Crippen LogP contribution in [-0.2, 0) is 13.1 Å². The van der Waals surface area contributed by atoms with E-state index in [0.29, 0.717) is 5.15 Å². The number of nitrogens with zero attached hydrogens (tertiary/aromatic N) is 2. The van der Waals surface area contributed by atoms with Gasteiger partial charge in [-0.2, -0.15) is 0 Å². The fourth-order valence-electron chi connectivity index (χ4n) is 1.39. The lowest BCUT2D eigenvalue weighted by Gasteiger charge is -2.01. The van der Waals surface area contributed by atoms with E-state index in [4.69, 9.17) is 11.6 Å². The minimum atomic E-state index is 0.596. The third kappa shape index (κ3) is 1.24. The van der Waals surface area contributed by atoms with Crippen LogP contribution in [0.5, 0.6) is 0 Å². The molecule has 0 unspecified atom stereocenters. The quantitative estimate of drug-likeness (QED) is 0.548. The first-order chi connectivity index (χ1) is 5.25.